The molecule has 18 heavy (non-hydrogen) atoms. The molecule has 0 heterocycles. The third kappa shape index (κ3) is 3.00. The molecule has 1 rings (SSSR count). The first-order valence-corrected chi connectivity index (χ1v) is 5.33. The van der Waals surface area contributed by atoms with Crippen LogP contribution in [0.2, 0.25) is 0 Å². The maximum absolute atomic E-state index is 13.0. The molecule has 0 saturated heterocycles. The highest BCUT2D eigenvalue weighted by molar-refractivity contribution is 6.03. The highest BCUT2D eigenvalue weighted by Crippen LogP contribution is 2.31. The number of para-hydroxylation sites is 1. The number of ether oxygens (including phenoxy) is 1. The molecule has 1 aromatic carbocycles. The van der Waals surface area contributed by atoms with E-state index in [-0.39, 0.29) is 12.4 Å². The fraction of sp³-hybridized carbons (Fsp3) is 0.417. The van der Waals surface area contributed by atoms with Gasteiger partial charge >= 0.3 is 12.3 Å². The molecule has 0 unspecified atom stereocenters. The number of hydrogen-bond acceptors (Lipinski definition) is 2. The molecular weight excluding hydrogens is 252 g/mol. The molecule has 0 aliphatic rings. The smallest absolute Gasteiger partial charge is 0.369 e. The van der Waals surface area contributed by atoms with Gasteiger partial charge in [-0.2, -0.15) is 8.78 Å². The number of carbonyl (C=O) groups is 1. The zero-order chi connectivity index (χ0) is 13.8. The molecular formula is C12H12F4O2. The molecule has 0 fully saturated rings. The standard InChI is InChI=1S/C12H12F4O2/c1-2-7-18-9-6-4-3-5-8(9)10(17)12(15,16)11(13)14/h3-6,11H,2,7H2,1H3. The number of halogens is 4. The van der Waals surface area contributed by atoms with Crippen LogP contribution < -0.4 is 4.74 Å². The summed E-state index contributed by atoms with van der Waals surface area (Å²) >= 11 is 0. The number of ketones is 1. The first kappa shape index (κ1) is 14.5. The van der Waals surface area contributed by atoms with Crippen LogP contribution >= 0.6 is 0 Å². The molecule has 0 saturated carbocycles. The van der Waals surface area contributed by atoms with E-state index in [4.69, 9.17) is 4.74 Å². The Morgan fingerprint density at radius 1 is 1.33 bits per heavy atom. The lowest BCUT2D eigenvalue weighted by Gasteiger charge is -2.16. The molecule has 1 aromatic rings. The van der Waals surface area contributed by atoms with Crippen molar-refractivity contribution < 1.29 is 27.1 Å². The highest BCUT2D eigenvalue weighted by Gasteiger charge is 2.49. The van der Waals surface area contributed by atoms with Gasteiger partial charge in [-0.1, -0.05) is 19.1 Å². The van der Waals surface area contributed by atoms with Crippen LogP contribution in [0.3, 0.4) is 0 Å². The summed E-state index contributed by atoms with van der Waals surface area (Å²) in [6.07, 6.45) is -3.43. The molecule has 0 aliphatic carbocycles. The summed E-state index contributed by atoms with van der Waals surface area (Å²) in [6, 6.07) is 5.13. The second kappa shape index (κ2) is 5.84. The van der Waals surface area contributed by atoms with Crippen molar-refractivity contribution in [2.75, 3.05) is 6.61 Å². The van der Waals surface area contributed by atoms with Crippen molar-refractivity contribution in [3.63, 3.8) is 0 Å². The molecule has 0 bridgehead atoms. The van der Waals surface area contributed by atoms with Gasteiger partial charge in [0.2, 0.25) is 5.78 Å². The van der Waals surface area contributed by atoms with E-state index >= 15 is 0 Å². The number of hydrogen-bond donors (Lipinski definition) is 0. The van der Waals surface area contributed by atoms with Gasteiger partial charge in [-0.25, -0.2) is 8.78 Å². The zero-order valence-corrected chi connectivity index (χ0v) is 9.63. The van der Waals surface area contributed by atoms with Crippen LogP contribution in [-0.4, -0.2) is 24.7 Å². The van der Waals surface area contributed by atoms with Gasteiger partial charge in [0.1, 0.15) is 5.75 Å². The SMILES string of the molecule is CCCOc1ccccc1C(=O)C(F)(F)C(F)F. The summed E-state index contributed by atoms with van der Waals surface area (Å²) in [4.78, 5) is 11.4. The molecule has 0 aromatic heterocycles. The van der Waals surface area contributed by atoms with E-state index < -0.39 is 23.7 Å². The lowest BCUT2D eigenvalue weighted by atomic mass is 10.0. The van der Waals surface area contributed by atoms with Crippen LogP contribution in [-0.2, 0) is 0 Å². The third-order valence-corrected chi connectivity index (χ3v) is 2.17. The van der Waals surface area contributed by atoms with Gasteiger partial charge in [-0.15, -0.1) is 0 Å². The number of carbonyl (C=O) groups excluding carboxylic acids is 1. The van der Waals surface area contributed by atoms with Crippen LogP contribution in [0.15, 0.2) is 24.3 Å². The molecule has 100 valence electrons. The van der Waals surface area contributed by atoms with Gasteiger partial charge < -0.3 is 4.74 Å². The van der Waals surface area contributed by atoms with Crippen LogP contribution in [0.5, 0.6) is 5.75 Å². The van der Waals surface area contributed by atoms with Crippen molar-refractivity contribution in [2.24, 2.45) is 0 Å². The summed E-state index contributed by atoms with van der Waals surface area (Å²) in [5.41, 5.74) is -0.531. The van der Waals surface area contributed by atoms with Crippen LogP contribution in [0.4, 0.5) is 17.6 Å². The summed E-state index contributed by atoms with van der Waals surface area (Å²) < 4.78 is 55.3. The molecule has 0 aliphatic heterocycles. The lowest BCUT2D eigenvalue weighted by Crippen LogP contribution is -2.36. The average molecular weight is 264 g/mol. The maximum Gasteiger partial charge on any atom is 0.369 e. The Bertz CT molecular complexity index is 418. The van der Waals surface area contributed by atoms with E-state index in [1.807, 2.05) is 0 Å². The minimum Gasteiger partial charge on any atom is -0.493 e. The number of rotatable bonds is 6. The summed E-state index contributed by atoms with van der Waals surface area (Å²) in [7, 11) is 0. The molecule has 0 radical (unpaired) electrons. The quantitative estimate of drug-likeness (QED) is 0.580. The normalized spacial score (nSPS) is 11.7. The van der Waals surface area contributed by atoms with E-state index in [1.54, 1.807) is 6.92 Å². The second-order valence-corrected chi connectivity index (χ2v) is 3.60. The fourth-order valence-electron chi connectivity index (χ4n) is 1.27. The van der Waals surface area contributed by atoms with Crippen molar-refractivity contribution in [1.82, 2.24) is 0 Å². The minimum absolute atomic E-state index is 0.107. The highest BCUT2D eigenvalue weighted by atomic mass is 19.3. The van der Waals surface area contributed by atoms with E-state index in [9.17, 15) is 22.4 Å². The molecule has 0 spiro atoms. The molecule has 2 nitrogen and oxygen atoms in total. The molecule has 0 atom stereocenters. The Morgan fingerprint density at radius 3 is 2.50 bits per heavy atom. The van der Waals surface area contributed by atoms with Gasteiger partial charge in [0.15, 0.2) is 0 Å². The number of alkyl halides is 4. The molecule has 6 heteroatoms. The van der Waals surface area contributed by atoms with Crippen LogP contribution in [0, 0.1) is 0 Å². The number of benzene rings is 1. The number of Topliss-reactive ketones (excluding diaryl/α,β-unsaturated/α-hetero) is 1. The minimum atomic E-state index is -4.70. The Balaban J connectivity index is 3.05. The van der Waals surface area contributed by atoms with Crippen molar-refractivity contribution in [1.29, 1.82) is 0 Å². The Morgan fingerprint density at radius 2 is 1.94 bits per heavy atom. The van der Waals surface area contributed by atoms with E-state index in [0.717, 1.165) is 6.07 Å². The molecule has 0 amide bonds. The largest absolute Gasteiger partial charge is 0.493 e. The Hall–Kier alpha value is -1.59. The van der Waals surface area contributed by atoms with Gasteiger partial charge in [0, 0.05) is 0 Å². The van der Waals surface area contributed by atoms with Crippen molar-refractivity contribution in [3.05, 3.63) is 29.8 Å². The summed E-state index contributed by atoms with van der Waals surface area (Å²) in [5, 5.41) is 0. The van der Waals surface area contributed by atoms with Crippen molar-refractivity contribution >= 4 is 5.78 Å². The van der Waals surface area contributed by atoms with E-state index in [0.29, 0.717) is 6.42 Å². The van der Waals surface area contributed by atoms with Gasteiger partial charge in [-0.3, -0.25) is 4.79 Å². The molecule has 0 N–H and O–H groups in total. The predicted octanol–water partition coefficient (Wildman–Crippen LogP) is 3.56. The van der Waals surface area contributed by atoms with E-state index in [2.05, 4.69) is 0 Å². The van der Waals surface area contributed by atoms with Crippen molar-refractivity contribution in [2.45, 2.75) is 25.7 Å². The lowest BCUT2D eigenvalue weighted by molar-refractivity contribution is -0.0959. The maximum atomic E-state index is 13.0. The summed E-state index contributed by atoms with van der Waals surface area (Å²) in [5.74, 6) is -6.74. The van der Waals surface area contributed by atoms with Crippen LogP contribution in [0.25, 0.3) is 0 Å². The Kier molecular flexibility index (Phi) is 4.69. The average Bonchev–Trinajstić information content (AvgIpc) is 2.35. The Labute approximate surface area is 102 Å². The summed E-state index contributed by atoms with van der Waals surface area (Å²) in [6.45, 7) is 2.00. The van der Waals surface area contributed by atoms with Crippen LogP contribution in [0.1, 0.15) is 23.7 Å². The predicted molar refractivity (Wildman–Crippen MR) is 57.5 cm³/mol. The topological polar surface area (TPSA) is 26.3 Å². The zero-order valence-electron chi connectivity index (χ0n) is 9.63. The van der Waals surface area contributed by atoms with E-state index in [1.165, 1.54) is 18.2 Å². The first-order valence-electron chi connectivity index (χ1n) is 5.33. The van der Waals surface area contributed by atoms with Gasteiger partial charge in [0.25, 0.3) is 0 Å². The van der Waals surface area contributed by atoms with Gasteiger partial charge in [0.05, 0.1) is 12.2 Å². The van der Waals surface area contributed by atoms with Crippen molar-refractivity contribution in [3.8, 4) is 5.75 Å². The second-order valence-electron chi connectivity index (χ2n) is 3.60. The first-order chi connectivity index (χ1) is 8.41. The monoisotopic (exact) mass is 264 g/mol. The fourth-order valence-corrected chi connectivity index (χ4v) is 1.27. The van der Waals surface area contributed by atoms with Gasteiger partial charge in [-0.05, 0) is 18.6 Å². The third-order valence-electron chi connectivity index (χ3n) is 2.17.